The van der Waals surface area contributed by atoms with E-state index < -0.39 is 0 Å². The van der Waals surface area contributed by atoms with Gasteiger partial charge in [0.25, 0.3) is 0 Å². The van der Waals surface area contributed by atoms with Crippen LogP contribution in [0.3, 0.4) is 0 Å². The van der Waals surface area contributed by atoms with E-state index in [1.807, 2.05) is 0 Å². The fourth-order valence-electron chi connectivity index (χ4n) is 4.53. The number of β-amino-alcohol motifs (C(OH)–C–C–N with tert-alkyl or cyclic N) is 2. The number of hydrogen-bond acceptors (Lipinski definition) is 6. The summed E-state index contributed by atoms with van der Waals surface area (Å²) < 4.78 is 11.9. The zero-order valence-electron chi connectivity index (χ0n) is 19.0. The first-order chi connectivity index (χ1) is 14.8. The van der Waals surface area contributed by atoms with E-state index in [-0.39, 0.29) is 12.2 Å². The molecular weight excluding hydrogens is 392 g/mol. The molecule has 0 amide bonds. The van der Waals surface area contributed by atoms with Crippen LogP contribution in [0.1, 0.15) is 47.2 Å². The molecule has 2 heterocycles. The quantitative estimate of drug-likeness (QED) is 0.741. The highest BCUT2D eigenvalue weighted by Gasteiger charge is 2.22. The minimum atomic E-state index is -0.371. The van der Waals surface area contributed by atoms with E-state index in [1.165, 1.54) is 33.4 Å². The maximum absolute atomic E-state index is 9.72. The van der Waals surface area contributed by atoms with E-state index in [4.69, 9.17) is 9.47 Å². The summed E-state index contributed by atoms with van der Waals surface area (Å²) in [7, 11) is 0. The first kappa shape index (κ1) is 22.1. The highest BCUT2D eigenvalue weighted by atomic mass is 16.5. The molecule has 0 saturated heterocycles. The summed E-state index contributed by atoms with van der Waals surface area (Å²) in [4.78, 5) is 4.26. The van der Waals surface area contributed by atoms with Crippen molar-refractivity contribution in [2.75, 3.05) is 26.6 Å². The van der Waals surface area contributed by atoms with Crippen LogP contribution in [0.5, 0.6) is 11.5 Å². The van der Waals surface area contributed by atoms with Gasteiger partial charge in [-0.15, -0.1) is 0 Å². The number of fused-ring (bicyclic) bond motifs is 2. The third-order valence-electron chi connectivity index (χ3n) is 6.06. The zero-order chi connectivity index (χ0) is 22.1. The standard InChI is InChI=1S/C25H34N2O4/c1-16-5-24-22(12-26(14-30-24)10-18(3)28)8-20(16)7-21-9-23-13-27(11-19(4)29)15-31-25(23)6-17(21)2/h5-6,8-9,18-19,28-29H,7,10-15H2,1-4H3. The Morgan fingerprint density at radius 3 is 1.58 bits per heavy atom. The molecule has 31 heavy (non-hydrogen) atoms. The lowest BCUT2D eigenvalue weighted by atomic mass is 9.93. The molecule has 168 valence electrons. The fourth-order valence-corrected chi connectivity index (χ4v) is 4.53. The molecule has 2 N–H and O–H groups in total. The first-order valence-corrected chi connectivity index (χ1v) is 11.1. The largest absolute Gasteiger partial charge is 0.478 e. The molecular formula is C25H34N2O4. The summed E-state index contributed by atoms with van der Waals surface area (Å²) >= 11 is 0. The zero-order valence-corrected chi connectivity index (χ0v) is 19.0. The SMILES string of the molecule is Cc1cc2c(cc1Cc1cc3c(cc1C)OCN(CC(C)O)C3)CN(CC(C)O)CO2. The van der Waals surface area contributed by atoms with Gasteiger partial charge in [0.15, 0.2) is 0 Å². The van der Waals surface area contributed by atoms with Gasteiger partial charge in [-0.1, -0.05) is 12.1 Å². The molecule has 0 saturated carbocycles. The maximum Gasteiger partial charge on any atom is 0.142 e. The average molecular weight is 427 g/mol. The summed E-state index contributed by atoms with van der Waals surface area (Å²) in [6, 6.07) is 8.80. The Labute approximate surface area is 185 Å². The number of nitrogens with zero attached hydrogens (tertiary/aromatic N) is 2. The molecule has 0 aromatic heterocycles. The van der Waals surface area contributed by atoms with Gasteiger partial charge in [0.2, 0.25) is 0 Å². The molecule has 0 bridgehead atoms. The number of hydrogen-bond donors (Lipinski definition) is 2. The van der Waals surface area contributed by atoms with Crippen LogP contribution >= 0.6 is 0 Å². The molecule has 4 rings (SSSR count). The second-order valence-corrected chi connectivity index (χ2v) is 9.22. The fraction of sp³-hybridized carbons (Fsp3) is 0.520. The molecule has 6 nitrogen and oxygen atoms in total. The second kappa shape index (κ2) is 9.17. The predicted molar refractivity (Wildman–Crippen MR) is 120 cm³/mol. The van der Waals surface area contributed by atoms with Gasteiger partial charge in [0.1, 0.15) is 25.0 Å². The van der Waals surface area contributed by atoms with Crippen LogP contribution in [0.25, 0.3) is 0 Å². The minimum Gasteiger partial charge on any atom is -0.478 e. The minimum absolute atomic E-state index is 0.371. The molecule has 0 fully saturated rings. The van der Waals surface area contributed by atoms with Gasteiger partial charge in [-0.05, 0) is 68.5 Å². The van der Waals surface area contributed by atoms with Crippen LogP contribution in [0, 0.1) is 13.8 Å². The number of benzene rings is 2. The molecule has 2 aromatic rings. The molecule has 2 aliphatic rings. The van der Waals surface area contributed by atoms with Gasteiger partial charge in [-0.3, -0.25) is 9.80 Å². The molecule has 0 spiro atoms. The molecule has 2 aliphatic heterocycles. The highest BCUT2D eigenvalue weighted by molar-refractivity contribution is 5.48. The van der Waals surface area contributed by atoms with Crippen molar-refractivity contribution in [2.24, 2.45) is 0 Å². The molecule has 2 atom stereocenters. The summed E-state index contributed by atoms with van der Waals surface area (Å²) in [6.07, 6.45) is 0.109. The van der Waals surface area contributed by atoms with E-state index >= 15 is 0 Å². The van der Waals surface area contributed by atoms with Crippen molar-refractivity contribution < 1.29 is 19.7 Å². The molecule has 2 aromatic carbocycles. The van der Waals surface area contributed by atoms with Crippen molar-refractivity contribution in [3.8, 4) is 11.5 Å². The van der Waals surface area contributed by atoms with E-state index in [0.29, 0.717) is 26.6 Å². The van der Waals surface area contributed by atoms with Gasteiger partial charge < -0.3 is 19.7 Å². The van der Waals surface area contributed by atoms with Gasteiger partial charge in [-0.25, -0.2) is 0 Å². The monoisotopic (exact) mass is 426 g/mol. The van der Waals surface area contributed by atoms with Crippen LogP contribution in [0.4, 0.5) is 0 Å². The Morgan fingerprint density at radius 1 is 0.774 bits per heavy atom. The van der Waals surface area contributed by atoms with Crippen LogP contribution in [0.2, 0.25) is 0 Å². The lowest BCUT2D eigenvalue weighted by molar-refractivity contribution is 0.0500. The predicted octanol–water partition coefficient (Wildman–Crippen LogP) is 2.96. The number of aryl methyl sites for hydroxylation is 2. The van der Waals surface area contributed by atoms with E-state index in [1.54, 1.807) is 13.8 Å². The maximum atomic E-state index is 9.72. The van der Waals surface area contributed by atoms with E-state index in [9.17, 15) is 10.2 Å². The van der Waals surface area contributed by atoms with E-state index in [2.05, 4.69) is 47.9 Å². The lowest BCUT2D eigenvalue weighted by Crippen LogP contribution is -2.37. The van der Waals surface area contributed by atoms with Crippen molar-refractivity contribution in [2.45, 2.75) is 59.4 Å². The number of rotatable bonds is 6. The van der Waals surface area contributed by atoms with Crippen molar-refractivity contribution >= 4 is 0 Å². The van der Waals surface area contributed by atoms with E-state index in [0.717, 1.165) is 31.0 Å². The summed E-state index contributed by atoms with van der Waals surface area (Å²) in [5.41, 5.74) is 7.39. The average Bonchev–Trinajstić information content (AvgIpc) is 2.68. The Balaban J connectivity index is 1.56. The lowest BCUT2D eigenvalue weighted by Gasteiger charge is -2.31. The summed E-state index contributed by atoms with van der Waals surface area (Å²) in [5, 5.41) is 19.4. The topological polar surface area (TPSA) is 65.4 Å². The van der Waals surface area contributed by atoms with Gasteiger partial charge in [-0.2, -0.15) is 0 Å². The number of aliphatic hydroxyl groups is 2. The Hall–Kier alpha value is -2.12. The molecule has 2 unspecified atom stereocenters. The third kappa shape index (κ3) is 5.21. The van der Waals surface area contributed by atoms with Crippen molar-refractivity contribution in [3.05, 3.63) is 57.6 Å². The first-order valence-electron chi connectivity index (χ1n) is 11.1. The highest BCUT2D eigenvalue weighted by Crippen LogP contribution is 2.33. The van der Waals surface area contributed by atoms with Crippen molar-refractivity contribution in [1.29, 1.82) is 0 Å². The molecule has 0 radical (unpaired) electrons. The molecule has 0 aliphatic carbocycles. The number of aliphatic hydroxyl groups excluding tert-OH is 2. The van der Waals surface area contributed by atoms with Crippen LogP contribution in [-0.4, -0.2) is 58.8 Å². The smallest absolute Gasteiger partial charge is 0.142 e. The van der Waals surface area contributed by atoms with Gasteiger partial charge in [0, 0.05) is 37.3 Å². The van der Waals surface area contributed by atoms with Gasteiger partial charge >= 0.3 is 0 Å². The summed E-state index contributed by atoms with van der Waals surface area (Å²) in [5.74, 6) is 1.90. The normalized spacial score (nSPS) is 18.5. The summed E-state index contributed by atoms with van der Waals surface area (Å²) in [6.45, 7) is 11.7. The third-order valence-corrected chi connectivity index (χ3v) is 6.06. The second-order valence-electron chi connectivity index (χ2n) is 9.22. The van der Waals surface area contributed by atoms with Crippen LogP contribution in [0.15, 0.2) is 24.3 Å². The Kier molecular flexibility index (Phi) is 6.53. The Bertz CT molecular complexity index is 866. The van der Waals surface area contributed by atoms with Crippen molar-refractivity contribution in [1.82, 2.24) is 9.80 Å². The number of ether oxygens (including phenoxy) is 2. The van der Waals surface area contributed by atoms with Crippen LogP contribution < -0.4 is 9.47 Å². The molecule has 6 heteroatoms. The van der Waals surface area contributed by atoms with Crippen molar-refractivity contribution in [3.63, 3.8) is 0 Å². The van der Waals surface area contributed by atoms with Gasteiger partial charge in [0.05, 0.1) is 12.2 Å². The Morgan fingerprint density at radius 2 is 1.19 bits per heavy atom. The van der Waals surface area contributed by atoms with Crippen LogP contribution in [-0.2, 0) is 19.5 Å².